The first kappa shape index (κ1) is 11.8. The fourth-order valence-electron chi connectivity index (χ4n) is 0.922. The van der Waals surface area contributed by atoms with Gasteiger partial charge in [0.2, 0.25) is 0 Å². The van der Waals surface area contributed by atoms with E-state index in [1.807, 2.05) is 0 Å². The standard InChI is InChI=1S/C8H5ClF3NO2/c1-15-8(14)4-3(9)2-13-6(5(4)10)7(11)12/h2,7H,1H3. The van der Waals surface area contributed by atoms with Gasteiger partial charge in [-0.3, -0.25) is 4.98 Å². The van der Waals surface area contributed by atoms with Gasteiger partial charge in [0.05, 0.1) is 12.1 Å². The number of rotatable bonds is 2. The number of carbonyl (C=O) groups is 1. The summed E-state index contributed by atoms with van der Waals surface area (Å²) in [5, 5.41) is -0.372. The summed E-state index contributed by atoms with van der Waals surface area (Å²) in [6.07, 6.45) is -2.34. The molecule has 0 N–H and O–H groups in total. The number of halogens is 4. The second-order valence-electron chi connectivity index (χ2n) is 2.47. The molecule has 0 saturated heterocycles. The van der Waals surface area contributed by atoms with Gasteiger partial charge in [-0.25, -0.2) is 18.0 Å². The number of ether oxygens (including phenoxy) is 1. The maximum Gasteiger partial charge on any atom is 0.342 e. The fraction of sp³-hybridized carbons (Fsp3) is 0.250. The summed E-state index contributed by atoms with van der Waals surface area (Å²) in [5.74, 6) is -2.58. The van der Waals surface area contributed by atoms with Crippen molar-refractivity contribution in [3.8, 4) is 0 Å². The number of pyridine rings is 1. The molecular formula is C8H5ClF3NO2. The number of nitrogens with zero attached hydrogens (tertiary/aromatic N) is 1. The monoisotopic (exact) mass is 239 g/mol. The van der Waals surface area contributed by atoms with Crippen LogP contribution in [0.15, 0.2) is 6.20 Å². The summed E-state index contributed by atoms with van der Waals surface area (Å²) in [7, 11) is 0.987. The van der Waals surface area contributed by atoms with Crippen molar-refractivity contribution >= 4 is 17.6 Å². The van der Waals surface area contributed by atoms with Crippen LogP contribution in [-0.4, -0.2) is 18.1 Å². The highest BCUT2D eigenvalue weighted by molar-refractivity contribution is 6.33. The van der Waals surface area contributed by atoms with Crippen LogP contribution < -0.4 is 0 Å². The minimum absolute atomic E-state index is 0.372. The Bertz CT molecular complexity index is 398. The number of esters is 1. The highest BCUT2D eigenvalue weighted by atomic mass is 35.5. The maximum atomic E-state index is 13.3. The van der Waals surface area contributed by atoms with Gasteiger partial charge >= 0.3 is 5.97 Å². The Labute approximate surface area is 87.8 Å². The molecule has 0 atom stereocenters. The molecular weight excluding hydrogens is 235 g/mol. The van der Waals surface area contributed by atoms with Crippen molar-refractivity contribution in [1.82, 2.24) is 4.98 Å². The lowest BCUT2D eigenvalue weighted by molar-refractivity contribution is 0.0593. The largest absolute Gasteiger partial charge is 0.465 e. The van der Waals surface area contributed by atoms with Crippen LogP contribution in [0.3, 0.4) is 0 Å². The molecule has 15 heavy (non-hydrogen) atoms. The van der Waals surface area contributed by atoms with Gasteiger partial charge in [-0.2, -0.15) is 0 Å². The van der Waals surface area contributed by atoms with Crippen LogP contribution in [0, 0.1) is 5.82 Å². The first-order chi connectivity index (χ1) is 6.99. The summed E-state index contributed by atoms with van der Waals surface area (Å²) < 4.78 is 41.9. The molecule has 0 amide bonds. The van der Waals surface area contributed by atoms with Crippen LogP contribution >= 0.6 is 11.6 Å². The third-order valence-electron chi connectivity index (χ3n) is 1.60. The second-order valence-corrected chi connectivity index (χ2v) is 2.88. The van der Waals surface area contributed by atoms with E-state index in [1.165, 1.54) is 0 Å². The molecule has 3 nitrogen and oxygen atoms in total. The van der Waals surface area contributed by atoms with E-state index in [4.69, 9.17) is 11.6 Å². The molecule has 0 saturated carbocycles. The van der Waals surface area contributed by atoms with Crippen molar-refractivity contribution in [2.24, 2.45) is 0 Å². The van der Waals surface area contributed by atoms with Crippen LogP contribution in [0.2, 0.25) is 5.02 Å². The van der Waals surface area contributed by atoms with Crippen LogP contribution in [0.5, 0.6) is 0 Å². The quantitative estimate of drug-likeness (QED) is 0.745. The Kier molecular flexibility index (Phi) is 3.52. The fourth-order valence-corrected chi connectivity index (χ4v) is 1.13. The zero-order valence-electron chi connectivity index (χ0n) is 7.43. The lowest BCUT2D eigenvalue weighted by Gasteiger charge is -2.06. The first-order valence-corrected chi connectivity index (χ1v) is 4.07. The Balaban J connectivity index is 3.36. The number of hydrogen-bond donors (Lipinski definition) is 0. The molecule has 0 aliphatic rings. The summed E-state index contributed by atoms with van der Waals surface area (Å²) in [5.41, 5.74) is -1.86. The average molecular weight is 240 g/mol. The van der Waals surface area contributed by atoms with Crippen LogP contribution in [0.25, 0.3) is 0 Å². The van der Waals surface area contributed by atoms with E-state index in [2.05, 4.69) is 9.72 Å². The lowest BCUT2D eigenvalue weighted by atomic mass is 10.2. The molecule has 0 spiro atoms. The normalized spacial score (nSPS) is 10.5. The molecule has 0 aliphatic carbocycles. The maximum absolute atomic E-state index is 13.3. The van der Waals surface area contributed by atoms with E-state index in [-0.39, 0.29) is 5.02 Å². The Hall–Kier alpha value is -1.30. The van der Waals surface area contributed by atoms with E-state index < -0.39 is 29.5 Å². The molecule has 7 heteroatoms. The highest BCUT2D eigenvalue weighted by Gasteiger charge is 2.25. The molecule has 82 valence electrons. The van der Waals surface area contributed by atoms with Crippen molar-refractivity contribution in [3.05, 3.63) is 28.3 Å². The van der Waals surface area contributed by atoms with E-state index in [9.17, 15) is 18.0 Å². The summed E-state index contributed by atoms with van der Waals surface area (Å²) in [6, 6.07) is 0. The number of aromatic nitrogens is 1. The van der Waals surface area contributed by atoms with Gasteiger partial charge in [-0.1, -0.05) is 11.6 Å². The van der Waals surface area contributed by atoms with Gasteiger partial charge in [0.15, 0.2) is 5.82 Å². The molecule has 1 aromatic heterocycles. The average Bonchev–Trinajstić information content (AvgIpc) is 2.16. The van der Waals surface area contributed by atoms with Crippen molar-refractivity contribution in [2.75, 3.05) is 7.11 Å². The van der Waals surface area contributed by atoms with Crippen LogP contribution in [0.4, 0.5) is 13.2 Å². The molecule has 1 rings (SSSR count). The van der Waals surface area contributed by atoms with Gasteiger partial charge in [-0.05, 0) is 0 Å². The number of methoxy groups -OCH3 is 1. The number of alkyl halides is 2. The SMILES string of the molecule is COC(=O)c1c(Cl)cnc(C(F)F)c1F. The van der Waals surface area contributed by atoms with Crippen molar-refractivity contribution in [3.63, 3.8) is 0 Å². The predicted molar refractivity (Wildman–Crippen MR) is 45.5 cm³/mol. The van der Waals surface area contributed by atoms with E-state index in [0.29, 0.717) is 0 Å². The molecule has 0 bridgehead atoms. The first-order valence-electron chi connectivity index (χ1n) is 3.69. The Morgan fingerprint density at radius 1 is 1.60 bits per heavy atom. The molecule has 1 heterocycles. The van der Waals surface area contributed by atoms with Crippen molar-refractivity contribution < 1.29 is 22.7 Å². The Morgan fingerprint density at radius 3 is 2.67 bits per heavy atom. The molecule has 0 radical (unpaired) electrons. The molecule has 0 unspecified atom stereocenters. The molecule has 0 aliphatic heterocycles. The topological polar surface area (TPSA) is 39.2 Å². The van der Waals surface area contributed by atoms with Gasteiger partial charge in [0, 0.05) is 6.20 Å². The van der Waals surface area contributed by atoms with Gasteiger partial charge in [-0.15, -0.1) is 0 Å². The summed E-state index contributed by atoms with van der Waals surface area (Å²) in [4.78, 5) is 14.1. The number of hydrogen-bond acceptors (Lipinski definition) is 3. The van der Waals surface area contributed by atoms with E-state index in [0.717, 1.165) is 13.3 Å². The van der Waals surface area contributed by atoms with Gasteiger partial charge in [0.1, 0.15) is 11.3 Å². The zero-order chi connectivity index (χ0) is 11.6. The number of carbonyl (C=O) groups excluding carboxylic acids is 1. The van der Waals surface area contributed by atoms with Crippen molar-refractivity contribution in [2.45, 2.75) is 6.43 Å². The van der Waals surface area contributed by atoms with Crippen LogP contribution in [-0.2, 0) is 4.74 Å². The van der Waals surface area contributed by atoms with E-state index >= 15 is 0 Å². The van der Waals surface area contributed by atoms with Gasteiger partial charge < -0.3 is 4.74 Å². The minimum Gasteiger partial charge on any atom is -0.465 e. The molecule has 0 fully saturated rings. The zero-order valence-corrected chi connectivity index (χ0v) is 8.19. The lowest BCUT2D eigenvalue weighted by Crippen LogP contribution is -2.09. The second kappa shape index (κ2) is 4.48. The molecule has 1 aromatic rings. The smallest absolute Gasteiger partial charge is 0.342 e. The predicted octanol–water partition coefficient (Wildman–Crippen LogP) is 2.60. The molecule has 0 aromatic carbocycles. The van der Waals surface area contributed by atoms with E-state index in [1.54, 1.807) is 0 Å². The Morgan fingerprint density at radius 2 is 2.20 bits per heavy atom. The highest BCUT2D eigenvalue weighted by Crippen LogP contribution is 2.26. The third kappa shape index (κ3) is 2.20. The summed E-state index contributed by atoms with van der Waals surface area (Å²) in [6.45, 7) is 0. The summed E-state index contributed by atoms with van der Waals surface area (Å²) >= 11 is 5.43. The third-order valence-corrected chi connectivity index (χ3v) is 1.88. The van der Waals surface area contributed by atoms with Crippen LogP contribution in [0.1, 0.15) is 22.5 Å². The van der Waals surface area contributed by atoms with Crippen molar-refractivity contribution in [1.29, 1.82) is 0 Å². The van der Waals surface area contributed by atoms with Gasteiger partial charge in [0.25, 0.3) is 6.43 Å². The minimum atomic E-state index is -3.12.